The Kier molecular flexibility index (Phi) is 8.50. The third-order valence-corrected chi connectivity index (χ3v) is 10.3. The van der Waals surface area contributed by atoms with Crippen molar-refractivity contribution in [3.8, 4) is 39.3 Å². The molecule has 0 unspecified atom stereocenters. The number of hydrogen-bond donors (Lipinski definition) is 0. The van der Waals surface area contributed by atoms with E-state index in [1.54, 1.807) is 0 Å². The molecule has 53 heavy (non-hydrogen) atoms. The fraction of sp³-hybridized carbons (Fsp3) is 0.167. The zero-order chi connectivity index (χ0) is 35.8. The Balaban J connectivity index is 0.00000400. The van der Waals surface area contributed by atoms with E-state index < -0.39 is 0 Å². The van der Waals surface area contributed by atoms with Gasteiger partial charge in [0.2, 0.25) is 0 Å². The number of rotatable bonds is 4. The van der Waals surface area contributed by atoms with Crippen LogP contribution in [0, 0.1) is 6.07 Å². The molecule has 3 aromatic heterocycles. The van der Waals surface area contributed by atoms with Crippen LogP contribution in [0.4, 0.5) is 0 Å². The zero-order valence-electron chi connectivity index (χ0n) is 30.8. The van der Waals surface area contributed by atoms with Crippen molar-refractivity contribution in [2.24, 2.45) is 0 Å². The van der Waals surface area contributed by atoms with Gasteiger partial charge in [0.05, 0.1) is 16.9 Å². The van der Waals surface area contributed by atoms with Crippen LogP contribution in [0.25, 0.3) is 83.1 Å². The number of benzene rings is 6. The first-order valence-electron chi connectivity index (χ1n) is 18.0. The fourth-order valence-corrected chi connectivity index (χ4v) is 7.47. The summed E-state index contributed by atoms with van der Waals surface area (Å²) >= 11 is 0. The minimum absolute atomic E-state index is 0. The van der Waals surface area contributed by atoms with E-state index in [9.17, 15) is 0 Å². The molecule has 0 aliphatic heterocycles. The summed E-state index contributed by atoms with van der Waals surface area (Å²) in [6, 6.07) is 49.2. The molecule has 5 heteroatoms. The van der Waals surface area contributed by atoms with Crippen LogP contribution in [-0.2, 0) is 31.9 Å². The van der Waals surface area contributed by atoms with Gasteiger partial charge in [0.25, 0.3) is 0 Å². The summed E-state index contributed by atoms with van der Waals surface area (Å²) < 4.78 is 2.29. The molecular formula is C48H40N4Pt. The Labute approximate surface area is 325 Å². The van der Waals surface area contributed by atoms with Gasteiger partial charge in [-0.1, -0.05) is 138 Å². The van der Waals surface area contributed by atoms with Gasteiger partial charge in [-0.15, -0.1) is 40.9 Å². The molecule has 4 nitrogen and oxygen atoms in total. The van der Waals surface area contributed by atoms with Crippen molar-refractivity contribution >= 4 is 43.7 Å². The second-order valence-electron chi connectivity index (χ2n) is 15.9. The first kappa shape index (κ1) is 34.8. The summed E-state index contributed by atoms with van der Waals surface area (Å²) in [4.78, 5) is 15.5. The molecule has 262 valence electrons. The number of para-hydroxylation sites is 3. The maximum Gasteiger partial charge on any atom is 2.00 e. The second-order valence-corrected chi connectivity index (χ2v) is 15.9. The van der Waals surface area contributed by atoms with Crippen LogP contribution in [0.2, 0.25) is 0 Å². The topological polar surface area (TPSA) is 44.8 Å². The number of nitrogens with zero attached hydrogens (tertiary/aromatic N) is 4. The number of imidazole rings is 1. The Morgan fingerprint density at radius 2 is 1.28 bits per heavy atom. The van der Waals surface area contributed by atoms with Crippen molar-refractivity contribution in [2.45, 2.75) is 52.4 Å². The molecule has 0 N–H and O–H groups in total. The normalized spacial score (nSPS) is 12.2. The van der Waals surface area contributed by atoms with Crippen molar-refractivity contribution in [1.29, 1.82) is 0 Å². The van der Waals surface area contributed by atoms with Crippen LogP contribution in [0.15, 0.2) is 134 Å². The van der Waals surface area contributed by atoms with Gasteiger partial charge in [-0.2, -0.15) is 0 Å². The average Bonchev–Trinajstić information content (AvgIpc) is 3.73. The monoisotopic (exact) mass is 867 g/mol. The second kappa shape index (κ2) is 13.0. The standard InChI is InChI=1S/C48H40N4.Pt/c1-47(2,3)33-22-24-35(25-23-33)52-42-21-11-19-39(38-18-10-17-37-36-16-7-8-20-41(36)50-44(37)38)45(42)51-46(52)32-14-9-13-30(27-32)40-29-34(48(4,5)6)28-31-15-12-26-49-43(31)40;/h7-26,28-29H,1-6H3;/q-2;+2. The molecule has 0 radical (unpaired) electrons. The van der Waals surface area contributed by atoms with Gasteiger partial charge in [-0.3, -0.25) is 9.97 Å². The molecule has 0 saturated heterocycles. The molecule has 0 aliphatic carbocycles. The summed E-state index contributed by atoms with van der Waals surface area (Å²) in [6.07, 6.45) is 1.87. The molecular weight excluding hydrogens is 828 g/mol. The molecule has 6 aromatic carbocycles. The molecule has 3 heterocycles. The van der Waals surface area contributed by atoms with Crippen molar-refractivity contribution in [1.82, 2.24) is 19.5 Å². The SMILES string of the molecule is CC(C)(C)c1ccc(-n2c(-c3[c-]c(-c4cc(C(C)(C)C)cc5cccnc45)ccc3)nc3c(-c4cccc5c4[n-]c4ccccc45)cccc32)cc1.[Pt+2]. The third-order valence-electron chi connectivity index (χ3n) is 10.3. The van der Waals surface area contributed by atoms with Crippen LogP contribution in [0.5, 0.6) is 0 Å². The molecule has 0 atom stereocenters. The van der Waals surface area contributed by atoms with E-state index in [-0.39, 0.29) is 31.9 Å². The first-order chi connectivity index (χ1) is 25.0. The number of aromatic nitrogens is 4. The quantitative estimate of drug-likeness (QED) is 0.166. The van der Waals surface area contributed by atoms with Gasteiger partial charge in [0.1, 0.15) is 0 Å². The fourth-order valence-electron chi connectivity index (χ4n) is 7.47. The summed E-state index contributed by atoms with van der Waals surface area (Å²) in [6.45, 7) is 13.5. The largest absolute Gasteiger partial charge is 2.00 e. The summed E-state index contributed by atoms with van der Waals surface area (Å²) in [5.74, 6) is 0.838. The van der Waals surface area contributed by atoms with E-state index in [1.807, 2.05) is 12.3 Å². The molecule has 0 fully saturated rings. The maximum atomic E-state index is 5.51. The summed E-state index contributed by atoms with van der Waals surface area (Å²) in [5.41, 5.74) is 13.7. The summed E-state index contributed by atoms with van der Waals surface area (Å²) in [7, 11) is 0. The van der Waals surface area contributed by atoms with Crippen LogP contribution >= 0.6 is 0 Å². The Morgan fingerprint density at radius 1 is 0.585 bits per heavy atom. The van der Waals surface area contributed by atoms with E-state index in [0.717, 1.165) is 77.7 Å². The van der Waals surface area contributed by atoms with Crippen molar-refractivity contribution in [3.63, 3.8) is 0 Å². The molecule has 0 bridgehead atoms. The molecule has 0 aliphatic rings. The van der Waals surface area contributed by atoms with Crippen LogP contribution in [-0.4, -0.2) is 14.5 Å². The van der Waals surface area contributed by atoms with Crippen LogP contribution < -0.4 is 4.98 Å². The van der Waals surface area contributed by atoms with Gasteiger partial charge < -0.3 is 9.55 Å². The maximum absolute atomic E-state index is 5.51. The number of hydrogen-bond acceptors (Lipinski definition) is 2. The van der Waals surface area contributed by atoms with Crippen molar-refractivity contribution in [3.05, 3.63) is 151 Å². The van der Waals surface area contributed by atoms with E-state index >= 15 is 0 Å². The van der Waals surface area contributed by atoms with Crippen LogP contribution in [0.1, 0.15) is 52.7 Å². The van der Waals surface area contributed by atoms with Gasteiger partial charge in [0, 0.05) is 23.0 Å². The zero-order valence-corrected chi connectivity index (χ0v) is 33.1. The minimum atomic E-state index is -0.0226. The molecule has 9 rings (SSSR count). The predicted octanol–water partition coefficient (Wildman–Crippen LogP) is 12.2. The number of fused-ring (bicyclic) bond motifs is 5. The summed E-state index contributed by atoms with van der Waals surface area (Å²) in [5, 5.41) is 3.45. The number of pyridine rings is 1. The molecule has 9 aromatic rings. The van der Waals surface area contributed by atoms with Gasteiger partial charge >= 0.3 is 21.1 Å². The molecule has 0 spiro atoms. The first-order valence-corrected chi connectivity index (χ1v) is 18.0. The van der Waals surface area contributed by atoms with E-state index in [0.29, 0.717) is 0 Å². The predicted molar refractivity (Wildman–Crippen MR) is 217 cm³/mol. The Hall–Kier alpha value is -5.31. The smallest absolute Gasteiger partial charge is 0.656 e. The van der Waals surface area contributed by atoms with E-state index in [2.05, 4.69) is 174 Å². The minimum Gasteiger partial charge on any atom is -0.656 e. The molecule has 0 saturated carbocycles. The van der Waals surface area contributed by atoms with Crippen LogP contribution in [0.3, 0.4) is 0 Å². The van der Waals surface area contributed by atoms with Gasteiger partial charge in [-0.25, -0.2) is 0 Å². The van der Waals surface area contributed by atoms with Gasteiger partial charge in [0.15, 0.2) is 0 Å². The van der Waals surface area contributed by atoms with Gasteiger partial charge in [-0.05, 0) is 67.9 Å². The van der Waals surface area contributed by atoms with E-state index in [4.69, 9.17) is 15.0 Å². The Bertz CT molecular complexity index is 2810. The third kappa shape index (κ3) is 6.00. The Morgan fingerprint density at radius 3 is 2.08 bits per heavy atom. The average molecular weight is 868 g/mol. The van der Waals surface area contributed by atoms with E-state index in [1.165, 1.54) is 16.5 Å². The van der Waals surface area contributed by atoms with Crippen molar-refractivity contribution < 1.29 is 21.1 Å². The molecule has 0 amide bonds. The van der Waals surface area contributed by atoms with Crippen molar-refractivity contribution in [2.75, 3.05) is 0 Å².